The van der Waals surface area contributed by atoms with Crippen molar-refractivity contribution in [2.45, 2.75) is 27.4 Å². The molecule has 2 aromatic heterocycles. The minimum absolute atomic E-state index is 0.185. The first-order valence-electron chi connectivity index (χ1n) is 7.29. The number of anilines is 1. The van der Waals surface area contributed by atoms with Crippen LogP contribution in [-0.2, 0) is 6.61 Å². The van der Waals surface area contributed by atoms with E-state index in [-0.39, 0.29) is 5.91 Å². The van der Waals surface area contributed by atoms with Gasteiger partial charge in [0.1, 0.15) is 18.1 Å². The van der Waals surface area contributed by atoms with Crippen LogP contribution in [0.15, 0.2) is 24.3 Å². The lowest BCUT2D eigenvalue weighted by molar-refractivity contribution is 0.102. The van der Waals surface area contributed by atoms with Gasteiger partial charge in [-0.2, -0.15) is 8.75 Å². The van der Waals surface area contributed by atoms with E-state index >= 15 is 0 Å². The van der Waals surface area contributed by atoms with Gasteiger partial charge >= 0.3 is 0 Å². The maximum absolute atomic E-state index is 12.2. The van der Waals surface area contributed by atoms with E-state index in [1.54, 1.807) is 24.3 Å². The van der Waals surface area contributed by atoms with E-state index in [1.807, 2.05) is 20.8 Å². The van der Waals surface area contributed by atoms with Gasteiger partial charge in [0.15, 0.2) is 5.13 Å². The molecular formula is C16H16N4O2S2. The van der Waals surface area contributed by atoms with E-state index in [2.05, 4.69) is 19.0 Å². The second kappa shape index (κ2) is 7.06. The first kappa shape index (κ1) is 16.5. The summed E-state index contributed by atoms with van der Waals surface area (Å²) in [6, 6.07) is 6.99. The van der Waals surface area contributed by atoms with Gasteiger partial charge in [-0.1, -0.05) is 0 Å². The van der Waals surface area contributed by atoms with E-state index < -0.39 is 0 Å². The molecule has 0 radical (unpaired) electrons. The molecule has 0 bridgehead atoms. The molecule has 0 saturated heterocycles. The fourth-order valence-electron chi connectivity index (χ4n) is 1.93. The number of aryl methyl sites for hydroxylation is 3. The van der Waals surface area contributed by atoms with Crippen molar-refractivity contribution in [3.05, 3.63) is 51.8 Å². The van der Waals surface area contributed by atoms with Gasteiger partial charge in [-0.25, -0.2) is 4.98 Å². The van der Waals surface area contributed by atoms with Crippen molar-refractivity contribution in [3.63, 3.8) is 0 Å². The van der Waals surface area contributed by atoms with Crippen LogP contribution in [0.5, 0.6) is 5.75 Å². The van der Waals surface area contributed by atoms with Crippen LogP contribution in [0.4, 0.5) is 5.13 Å². The molecule has 3 rings (SSSR count). The number of thiazole rings is 1. The Balaban J connectivity index is 1.61. The smallest absolute Gasteiger partial charge is 0.257 e. The Hall–Kier alpha value is -2.32. The molecule has 0 spiro atoms. The molecule has 1 aromatic carbocycles. The number of ether oxygens (including phenoxy) is 1. The van der Waals surface area contributed by atoms with Gasteiger partial charge in [0, 0.05) is 10.4 Å². The Morgan fingerprint density at radius 1 is 1.12 bits per heavy atom. The van der Waals surface area contributed by atoms with Gasteiger partial charge in [-0.3, -0.25) is 10.1 Å². The molecule has 0 unspecified atom stereocenters. The van der Waals surface area contributed by atoms with Crippen LogP contribution in [-0.4, -0.2) is 19.6 Å². The standard InChI is InChI=1S/C16H16N4O2S2/c1-9-11(3)23-16(17-9)18-15(21)12-4-6-13(7-5-12)22-8-14-10(2)19-24-20-14/h4-7H,8H2,1-3H3,(H,17,18,21). The highest BCUT2D eigenvalue weighted by atomic mass is 32.1. The van der Waals surface area contributed by atoms with Gasteiger partial charge in [-0.05, 0) is 45.0 Å². The first-order chi connectivity index (χ1) is 11.5. The number of benzene rings is 1. The zero-order valence-corrected chi connectivity index (χ0v) is 15.1. The van der Waals surface area contributed by atoms with Crippen molar-refractivity contribution in [1.29, 1.82) is 0 Å². The highest BCUT2D eigenvalue weighted by molar-refractivity contribution is 7.15. The third kappa shape index (κ3) is 3.77. The van der Waals surface area contributed by atoms with E-state index in [0.29, 0.717) is 23.1 Å². The molecule has 124 valence electrons. The molecule has 0 aliphatic carbocycles. The average Bonchev–Trinajstić information content (AvgIpc) is 3.11. The summed E-state index contributed by atoms with van der Waals surface area (Å²) in [6.45, 7) is 6.17. The molecule has 0 aliphatic rings. The average molecular weight is 360 g/mol. The summed E-state index contributed by atoms with van der Waals surface area (Å²) in [5, 5.41) is 3.42. The summed E-state index contributed by atoms with van der Waals surface area (Å²) in [7, 11) is 0. The van der Waals surface area contributed by atoms with Crippen molar-refractivity contribution >= 4 is 34.1 Å². The Bertz CT molecular complexity index is 836. The lowest BCUT2D eigenvalue weighted by Crippen LogP contribution is -2.11. The number of carbonyl (C=O) groups excluding carboxylic acids is 1. The molecule has 2 heterocycles. The van der Waals surface area contributed by atoms with Crippen molar-refractivity contribution in [2.75, 3.05) is 5.32 Å². The first-order valence-corrected chi connectivity index (χ1v) is 8.84. The number of carbonyl (C=O) groups is 1. The molecule has 6 nitrogen and oxygen atoms in total. The third-order valence-corrected chi connectivity index (χ3v) is 5.13. The number of amides is 1. The summed E-state index contributed by atoms with van der Waals surface area (Å²) in [4.78, 5) is 17.6. The predicted octanol–water partition coefficient (Wildman–Crippen LogP) is 3.75. The van der Waals surface area contributed by atoms with Crippen LogP contribution in [0.1, 0.15) is 32.3 Å². The Kier molecular flexibility index (Phi) is 4.86. The lowest BCUT2D eigenvalue weighted by atomic mass is 10.2. The van der Waals surface area contributed by atoms with Gasteiger partial charge < -0.3 is 4.74 Å². The molecule has 0 fully saturated rings. The predicted molar refractivity (Wildman–Crippen MR) is 95.0 cm³/mol. The van der Waals surface area contributed by atoms with Crippen LogP contribution in [0.3, 0.4) is 0 Å². The van der Waals surface area contributed by atoms with E-state index in [9.17, 15) is 4.79 Å². The Labute approximate surface area is 147 Å². The van der Waals surface area contributed by atoms with Gasteiger partial charge in [0.25, 0.3) is 5.91 Å². The summed E-state index contributed by atoms with van der Waals surface area (Å²) >= 11 is 2.64. The number of hydrogen-bond donors (Lipinski definition) is 1. The molecular weight excluding hydrogens is 344 g/mol. The Morgan fingerprint density at radius 3 is 2.46 bits per heavy atom. The van der Waals surface area contributed by atoms with Crippen LogP contribution >= 0.6 is 23.1 Å². The van der Waals surface area contributed by atoms with Gasteiger partial charge in [0.05, 0.1) is 23.1 Å². The number of nitrogens with one attached hydrogen (secondary N) is 1. The highest BCUT2D eigenvalue weighted by Gasteiger charge is 2.10. The SMILES string of the molecule is Cc1nsnc1COc1ccc(C(=O)Nc2nc(C)c(C)s2)cc1. The maximum Gasteiger partial charge on any atom is 0.257 e. The molecule has 1 amide bonds. The fourth-order valence-corrected chi connectivity index (χ4v) is 3.29. The molecule has 0 aliphatic heterocycles. The summed E-state index contributed by atoms with van der Waals surface area (Å²) < 4.78 is 13.9. The molecule has 0 atom stereocenters. The number of nitrogens with zero attached hydrogens (tertiary/aromatic N) is 3. The summed E-state index contributed by atoms with van der Waals surface area (Å²) in [5.41, 5.74) is 3.20. The van der Waals surface area contributed by atoms with Crippen LogP contribution in [0.25, 0.3) is 0 Å². The summed E-state index contributed by atoms with van der Waals surface area (Å²) in [5.74, 6) is 0.495. The van der Waals surface area contributed by atoms with Crippen molar-refractivity contribution in [1.82, 2.24) is 13.7 Å². The van der Waals surface area contributed by atoms with Crippen LogP contribution in [0, 0.1) is 20.8 Å². The second-order valence-corrected chi connectivity index (χ2v) is 6.96. The quantitative estimate of drug-likeness (QED) is 0.750. The number of aromatic nitrogens is 3. The lowest BCUT2D eigenvalue weighted by Gasteiger charge is -2.06. The minimum Gasteiger partial charge on any atom is -0.487 e. The third-order valence-electron chi connectivity index (χ3n) is 3.49. The molecule has 0 saturated carbocycles. The minimum atomic E-state index is -0.185. The Morgan fingerprint density at radius 2 is 1.88 bits per heavy atom. The van der Waals surface area contributed by atoms with Crippen LogP contribution in [0.2, 0.25) is 0 Å². The monoisotopic (exact) mass is 360 g/mol. The zero-order chi connectivity index (χ0) is 17.1. The van der Waals surface area contributed by atoms with E-state index in [4.69, 9.17) is 4.74 Å². The van der Waals surface area contributed by atoms with Crippen LogP contribution < -0.4 is 10.1 Å². The molecule has 24 heavy (non-hydrogen) atoms. The largest absolute Gasteiger partial charge is 0.487 e. The fraction of sp³-hybridized carbons (Fsp3) is 0.250. The highest BCUT2D eigenvalue weighted by Crippen LogP contribution is 2.22. The van der Waals surface area contributed by atoms with Crippen molar-refractivity contribution in [3.8, 4) is 5.75 Å². The molecule has 1 N–H and O–H groups in total. The van der Waals surface area contributed by atoms with E-state index in [1.165, 1.54) is 23.1 Å². The maximum atomic E-state index is 12.2. The van der Waals surface area contributed by atoms with Gasteiger partial charge in [0.2, 0.25) is 0 Å². The van der Waals surface area contributed by atoms with Crippen molar-refractivity contribution in [2.24, 2.45) is 0 Å². The normalized spacial score (nSPS) is 10.6. The molecule has 3 aromatic rings. The number of hydrogen-bond acceptors (Lipinski definition) is 7. The topological polar surface area (TPSA) is 77.0 Å². The zero-order valence-electron chi connectivity index (χ0n) is 13.5. The van der Waals surface area contributed by atoms with E-state index in [0.717, 1.165) is 22.0 Å². The van der Waals surface area contributed by atoms with Crippen molar-refractivity contribution < 1.29 is 9.53 Å². The van der Waals surface area contributed by atoms with Gasteiger partial charge in [-0.15, -0.1) is 11.3 Å². The number of rotatable bonds is 5. The molecule has 8 heteroatoms. The second-order valence-electron chi connectivity index (χ2n) is 5.22. The summed E-state index contributed by atoms with van der Waals surface area (Å²) in [6.07, 6.45) is 0.